The summed E-state index contributed by atoms with van der Waals surface area (Å²) in [5, 5.41) is 0. The van der Waals surface area contributed by atoms with E-state index in [-0.39, 0.29) is 0 Å². The average molecular weight is 363 g/mol. The molecule has 112 valence electrons. The van der Waals surface area contributed by atoms with E-state index < -0.39 is 11.6 Å². The van der Waals surface area contributed by atoms with Crippen LogP contribution in [0, 0.1) is 11.6 Å². The largest absolute Gasteiger partial charge is 0.262 e. The van der Waals surface area contributed by atoms with Crippen molar-refractivity contribution in [2.24, 2.45) is 0 Å². The van der Waals surface area contributed by atoms with Crippen LogP contribution in [0.25, 0.3) is 11.3 Å². The van der Waals surface area contributed by atoms with Crippen LogP contribution in [0.2, 0.25) is 0 Å². The highest BCUT2D eigenvalue weighted by atomic mass is 79.9. The van der Waals surface area contributed by atoms with E-state index in [1.54, 1.807) is 9.79 Å². The predicted molar refractivity (Wildman–Crippen MR) is 85.8 cm³/mol. The Bertz CT molecular complexity index is 785. The molecule has 0 radical (unpaired) electrons. The predicted octanol–water partition coefficient (Wildman–Crippen LogP) is 4.77. The van der Waals surface area contributed by atoms with Gasteiger partial charge < -0.3 is 0 Å². The highest BCUT2D eigenvalue weighted by Gasteiger charge is 2.14. The van der Waals surface area contributed by atoms with Gasteiger partial charge in [0, 0.05) is 18.1 Å². The van der Waals surface area contributed by atoms with Crippen LogP contribution in [0.5, 0.6) is 0 Å². The van der Waals surface area contributed by atoms with Gasteiger partial charge in [-0.2, -0.15) is 0 Å². The minimum Gasteiger partial charge on any atom is -0.262 e. The van der Waals surface area contributed by atoms with Crippen molar-refractivity contribution < 1.29 is 8.78 Å². The Kier molecular flexibility index (Phi) is 4.34. The van der Waals surface area contributed by atoms with E-state index in [9.17, 15) is 8.78 Å². The second-order valence-electron chi connectivity index (χ2n) is 4.95. The van der Waals surface area contributed by atoms with Crippen molar-refractivity contribution in [1.82, 2.24) is 8.58 Å². The number of halogens is 3. The molecule has 1 heterocycles. The third-order valence-corrected chi connectivity index (χ3v) is 4.25. The molecule has 0 amide bonds. The van der Waals surface area contributed by atoms with Crippen LogP contribution in [0.1, 0.15) is 11.4 Å². The first kappa shape index (κ1) is 14.9. The number of rotatable bonds is 4. The molecule has 0 atom stereocenters. The molecule has 3 aromatic rings. The fourth-order valence-electron chi connectivity index (χ4n) is 2.31. The number of aromatic nitrogens is 2. The van der Waals surface area contributed by atoms with Gasteiger partial charge >= 0.3 is 0 Å². The number of imidazole rings is 1. The monoisotopic (exact) mass is 362 g/mol. The summed E-state index contributed by atoms with van der Waals surface area (Å²) in [6.45, 7) is 0. The molecule has 2 aromatic carbocycles. The van der Waals surface area contributed by atoms with Crippen molar-refractivity contribution in [3.8, 4) is 11.3 Å². The van der Waals surface area contributed by atoms with E-state index >= 15 is 0 Å². The van der Waals surface area contributed by atoms with Crippen molar-refractivity contribution in [3.05, 3.63) is 77.8 Å². The maximum Gasteiger partial charge on any atom is 0.135 e. The molecule has 1 aromatic heterocycles. The minimum absolute atomic E-state index is 0.316. The molecular formula is C17H13BrF2N2. The average Bonchev–Trinajstić information content (AvgIpc) is 2.87. The molecule has 5 heteroatoms. The van der Waals surface area contributed by atoms with Gasteiger partial charge in [-0.25, -0.2) is 13.8 Å². The molecule has 3 rings (SSSR count). The van der Waals surface area contributed by atoms with E-state index in [0.717, 1.165) is 24.7 Å². The van der Waals surface area contributed by atoms with Gasteiger partial charge in [0.05, 0.1) is 28.0 Å². The molecule has 0 saturated carbocycles. The topological polar surface area (TPSA) is 17.8 Å². The Hall–Kier alpha value is -2.01. The number of benzene rings is 2. The molecule has 0 unspecified atom stereocenters. The summed E-state index contributed by atoms with van der Waals surface area (Å²) in [4.78, 5) is 4.33. The molecule has 0 aliphatic rings. The van der Waals surface area contributed by atoms with Gasteiger partial charge in [0.15, 0.2) is 0 Å². The SMILES string of the molecule is Fc1ccc(-c2cnc(CCc3ccccc3)n2Br)c(F)c1. The van der Waals surface area contributed by atoms with E-state index in [1.165, 1.54) is 17.7 Å². The molecular weight excluding hydrogens is 350 g/mol. The van der Waals surface area contributed by atoms with Crippen LogP contribution in [0.15, 0.2) is 54.7 Å². The van der Waals surface area contributed by atoms with Crippen molar-refractivity contribution in [1.29, 1.82) is 0 Å². The van der Waals surface area contributed by atoms with Crippen molar-refractivity contribution in [3.63, 3.8) is 0 Å². The molecule has 0 aliphatic heterocycles. The number of nitrogens with zero attached hydrogens (tertiary/aromatic N) is 2. The Balaban J connectivity index is 1.83. The summed E-state index contributed by atoms with van der Waals surface area (Å²) in [5.41, 5.74) is 2.10. The van der Waals surface area contributed by atoms with Crippen molar-refractivity contribution in [2.75, 3.05) is 0 Å². The number of hydrogen-bond donors (Lipinski definition) is 0. The Morgan fingerprint density at radius 3 is 2.50 bits per heavy atom. The molecule has 0 N–H and O–H groups in total. The molecule has 22 heavy (non-hydrogen) atoms. The van der Waals surface area contributed by atoms with Gasteiger partial charge in [0.25, 0.3) is 0 Å². The van der Waals surface area contributed by atoms with Crippen LogP contribution in [0.4, 0.5) is 8.78 Å². The second kappa shape index (κ2) is 6.40. The third-order valence-electron chi connectivity index (χ3n) is 3.46. The standard InChI is InChI=1S/C17H13BrF2N2/c18-22-16(14-8-7-13(19)10-15(14)20)11-21-17(22)9-6-12-4-2-1-3-5-12/h1-5,7-8,10-11H,6,9H2. The van der Waals surface area contributed by atoms with E-state index in [4.69, 9.17) is 0 Å². The second-order valence-corrected chi connectivity index (χ2v) is 5.66. The molecule has 0 spiro atoms. The minimum atomic E-state index is -0.602. The molecule has 0 aliphatic carbocycles. The first-order valence-electron chi connectivity index (χ1n) is 6.87. The van der Waals surface area contributed by atoms with Gasteiger partial charge in [-0.1, -0.05) is 30.3 Å². The zero-order valence-electron chi connectivity index (χ0n) is 11.6. The smallest absolute Gasteiger partial charge is 0.135 e. The first-order valence-corrected chi connectivity index (χ1v) is 7.58. The lowest BCUT2D eigenvalue weighted by atomic mass is 10.1. The zero-order chi connectivity index (χ0) is 15.5. The summed E-state index contributed by atoms with van der Waals surface area (Å²) in [7, 11) is 0. The lowest BCUT2D eigenvalue weighted by Crippen LogP contribution is -1.98. The number of hydrogen-bond acceptors (Lipinski definition) is 1. The third kappa shape index (κ3) is 3.09. The van der Waals surface area contributed by atoms with Gasteiger partial charge in [0.1, 0.15) is 17.5 Å². The summed E-state index contributed by atoms with van der Waals surface area (Å²) >= 11 is 3.41. The summed E-state index contributed by atoms with van der Waals surface area (Å²) < 4.78 is 28.6. The van der Waals surface area contributed by atoms with Crippen LogP contribution < -0.4 is 0 Å². The van der Waals surface area contributed by atoms with Gasteiger partial charge in [-0.3, -0.25) is 3.59 Å². The Labute approximate surface area is 135 Å². The van der Waals surface area contributed by atoms with E-state index in [0.29, 0.717) is 11.3 Å². The fourth-order valence-corrected chi connectivity index (χ4v) is 2.86. The van der Waals surface area contributed by atoms with Crippen molar-refractivity contribution >= 4 is 16.1 Å². The molecule has 0 fully saturated rings. The molecule has 0 saturated heterocycles. The Morgan fingerprint density at radius 1 is 1.00 bits per heavy atom. The molecule has 0 bridgehead atoms. The van der Waals surface area contributed by atoms with Crippen LogP contribution >= 0.6 is 16.1 Å². The fraction of sp³-hybridized carbons (Fsp3) is 0.118. The quantitative estimate of drug-likeness (QED) is 0.653. The van der Waals surface area contributed by atoms with Crippen LogP contribution in [-0.4, -0.2) is 8.58 Å². The van der Waals surface area contributed by atoms with Crippen LogP contribution in [-0.2, 0) is 12.8 Å². The van der Waals surface area contributed by atoms with E-state index in [2.05, 4.69) is 33.3 Å². The maximum absolute atomic E-state index is 13.9. The summed E-state index contributed by atoms with van der Waals surface area (Å²) in [5.74, 6) is -0.399. The van der Waals surface area contributed by atoms with Gasteiger partial charge in [-0.05, 0) is 24.1 Å². The number of aryl methyl sites for hydroxylation is 2. The van der Waals surface area contributed by atoms with Gasteiger partial charge in [-0.15, -0.1) is 0 Å². The summed E-state index contributed by atoms with van der Waals surface area (Å²) in [6.07, 6.45) is 3.15. The highest BCUT2D eigenvalue weighted by molar-refractivity contribution is 9.08. The lowest BCUT2D eigenvalue weighted by molar-refractivity contribution is 0.585. The normalized spacial score (nSPS) is 10.9. The maximum atomic E-state index is 13.9. The Morgan fingerprint density at radius 2 is 1.77 bits per heavy atom. The zero-order valence-corrected chi connectivity index (χ0v) is 13.2. The summed E-state index contributed by atoms with van der Waals surface area (Å²) in [6, 6.07) is 13.6. The first-order chi connectivity index (χ1) is 10.6. The lowest BCUT2D eigenvalue weighted by Gasteiger charge is -2.05. The van der Waals surface area contributed by atoms with Gasteiger partial charge in [0.2, 0.25) is 0 Å². The van der Waals surface area contributed by atoms with Crippen molar-refractivity contribution in [2.45, 2.75) is 12.8 Å². The van der Waals surface area contributed by atoms with E-state index in [1.807, 2.05) is 18.2 Å². The molecule has 2 nitrogen and oxygen atoms in total. The highest BCUT2D eigenvalue weighted by Crippen LogP contribution is 2.26. The van der Waals surface area contributed by atoms with Crippen LogP contribution in [0.3, 0.4) is 0 Å².